The third kappa shape index (κ3) is 4.29. The molecule has 22 heavy (non-hydrogen) atoms. The number of hydrogen-bond acceptors (Lipinski definition) is 3. The molecule has 1 heterocycles. The molecule has 1 aromatic rings. The summed E-state index contributed by atoms with van der Waals surface area (Å²) in [7, 11) is 0. The summed E-state index contributed by atoms with van der Waals surface area (Å²) in [6, 6.07) is 3.47. The summed E-state index contributed by atoms with van der Waals surface area (Å²) < 4.78 is 0. The van der Waals surface area contributed by atoms with Gasteiger partial charge in [0, 0.05) is 23.7 Å². The van der Waals surface area contributed by atoms with Crippen molar-refractivity contribution in [2.24, 2.45) is 11.8 Å². The molecule has 5 heteroatoms. The van der Waals surface area contributed by atoms with Crippen molar-refractivity contribution in [1.29, 1.82) is 0 Å². The molecule has 0 aromatic carbocycles. The molecule has 1 saturated carbocycles. The molecule has 2 rings (SSSR count). The van der Waals surface area contributed by atoms with E-state index in [1.807, 2.05) is 13.8 Å². The number of hydrogen-bond donors (Lipinski definition) is 2. The fraction of sp³-hybridized carbons (Fsp3) is 0.588. The lowest BCUT2D eigenvalue weighted by atomic mass is 9.99. The van der Waals surface area contributed by atoms with Crippen LogP contribution in [0.1, 0.15) is 56.8 Å². The van der Waals surface area contributed by atoms with Gasteiger partial charge in [-0.1, -0.05) is 26.7 Å². The standard InChI is InChI=1S/C17H25N3O2/c1-11(2)16(21)20-15-10-14(8-9-18-15)17(22)19-12(3)13-6-4-5-7-13/h8-13H,4-7H2,1-3H3,(H,19,22)(H,18,20,21)/t12-/m0/s1. The molecule has 1 fully saturated rings. The molecule has 0 spiro atoms. The van der Waals surface area contributed by atoms with Gasteiger partial charge in [-0.3, -0.25) is 9.59 Å². The minimum Gasteiger partial charge on any atom is -0.349 e. The molecule has 0 aliphatic heterocycles. The number of aromatic nitrogens is 1. The van der Waals surface area contributed by atoms with Gasteiger partial charge < -0.3 is 10.6 Å². The fourth-order valence-corrected chi connectivity index (χ4v) is 2.78. The summed E-state index contributed by atoms with van der Waals surface area (Å²) in [5.74, 6) is 0.652. The normalized spacial score (nSPS) is 16.5. The van der Waals surface area contributed by atoms with Crippen LogP contribution in [0, 0.1) is 11.8 Å². The number of rotatable bonds is 5. The fourth-order valence-electron chi connectivity index (χ4n) is 2.78. The highest BCUT2D eigenvalue weighted by atomic mass is 16.2. The van der Waals surface area contributed by atoms with Crippen molar-refractivity contribution in [3.05, 3.63) is 23.9 Å². The predicted molar refractivity (Wildman–Crippen MR) is 86.6 cm³/mol. The zero-order valence-electron chi connectivity index (χ0n) is 13.6. The van der Waals surface area contributed by atoms with Crippen LogP contribution in [0.3, 0.4) is 0 Å². The van der Waals surface area contributed by atoms with Crippen LogP contribution in [0.2, 0.25) is 0 Å². The van der Waals surface area contributed by atoms with Crippen LogP contribution in [0.4, 0.5) is 5.82 Å². The van der Waals surface area contributed by atoms with Gasteiger partial charge >= 0.3 is 0 Å². The quantitative estimate of drug-likeness (QED) is 0.878. The van der Waals surface area contributed by atoms with Gasteiger partial charge in [-0.15, -0.1) is 0 Å². The highest BCUT2D eigenvalue weighted by Crippen LogP contribution is 2.27. The Kier molecular flexibility index (Phi) is 5.52. The Labute approximate surface area is 131 Å². The number of anilines is 1. The molecule has 120 valence electrons. The minimum atomic E-state index is -0.123. The SMILES string of the molecule is CC(C)C(=O)Nc1cc(C(=O)N[C@@H](C)C2CCCC2)ccn1. The summed E-state index contributed by atoms with van der Waals surface area (Å²) in [6.07, 6.45) is 6.43. The second-order valence-electron chi connectivity index (χ2n) is 6.38. The third-order valence-electron chi connectivity index (χ3n) is 4.26. The van der Waals surface area contributed by atoms with E-state index in [0.29, 0.717) is 17.3 Å². The number of amides is 2. The molecule has 1 aromatic heterocycles. The van der Waals surface area contributed by atoms with E-state index in [1.165, 1.54) is 25.7 Å². The molecular weight excluding hydrogens is 278 g/mol. The number of nitrogens with one attached hydrogen (secondary N) is 2. The van der Waals surface area contributed by atoms with Crippen LogP contribution in [0.5, 0.6) is 0 Å². The lowest BCUT2D eigenvalue weighted by Gasteiger charge is -2.20. The Morgan fingerprint density at radius 3 is 2.55 bits per heavy atom. The van der Waals surface area contributed by atoms with Gasteiger partial charge in [0.15, 0.2) is 0 Å². The zero-order valence-corrected chi connectivity index (χ0v) is 13.6. The van der Waals surface area contributed by atoms with E-state index in [4.69, 9.17) is 0 Å². The van der Waals surface area contributed by atoms with Gasteiger partial charge in [0.05, 0.1) is 0 Å². The molecule has 0 bridgehead atoms. The Balaban J connectivity index is 1.98. The van der Waals surface area contributed by atoms with Crippen LogP contribution in [0.25, 0.3) is 0 Å². The first-order valence-electron chi connectivity index (χ1n) is 8.05. The monoisotopic (exact) mass is 303 g/mol. The summed E-state index contributed by atoms with van der Waals surface area (Å²) in [4.78, 5) is 28.1. The molecule has 0 radical (unpaired) electrons. The molecule has 5 nitrogen and oxygen atoms in total. The first-order chi connectivity index (χ1) is 10.5. The van der Waals surface area contributed by atoms with Crippen molar-refractivity contribution in [3.63, 3.8) is 0 Å². The topological polar surface area (TPSA) is 71.1 Å². The van der Waals surface area contributed by atoms with Gasteiger partial charge in [0.25, 0.3) is 5.91 Å². The van der Waals surface area contributed by atoms with Crippen LogP contribution >= 0.6 is 0 Å². The van der Waals surface area contributed by atoms with E-state index < -0.39 is 0 Å². The van der Waals surface area contributed by atoms with Crippen molar-refractivity contribution in [2.45, 2.75) is 52.5 Å². The highest BCUT2D eigenvalue weighted by Gasteiger charge is 2.23. The molecule has 2 N–H and O–H groups in total. The maximum atomic E-state index is 12.3. The molecule has 0 unspecified atom stereocenters. The second kappa shape index (κ2) is 7.38. The zero-order chi connectivity index (χ0) is 16.1. The minimum absolute atomic E-state index is 0.107. The smallest absolute Gasteiger partial charge is 0.251 e. The average Bonchev–Trinajstić information content (AvgIpc) is 3.01. The van der Waals surface area contributed by atoms with Crippen molar-refractivity contribution >= 4 is 17.6 Å². The van der Waals surface area contributed by atoms with Crippen molar-refractivity contribution in [1.82, 2.24) is 10.3 Å². The van der Waals surface area contributed by atoms with Crippen molar-refractivity contribution in [2.75, 3.05) is 5.32 Å². The van der Waals surface area contributed by atoms with E-state index >= 15 is 0 Å². The second-order valence-corrected chi connectivity index (χ2v) is 6.38. The van der Waals surface area contributed by atoms with E-state index in [1.54, 1.807) is 18.3 Å². The Morgan fingerprint density at radius 2 is 1.91 bits per heavy atom. The van der Waals surface area contributed by atoms with Crippen molar-refractivity contribution < 1.29 is 9.59 Å². The summed E-state index contributed by atoms with van der Waals surface area (Å²) in [5, 5.41) is 5.78. The first kappa shape index (κ1) is 16.5. The predicted octanol–water partition coefficient (Wildman–Crippen LogP) is 2.98. The van der Waals surface area contributed by atoms with Gasteiger partial charge in [-0.2, -0.15) is 0 Å². The lowest BCUT2D eigenvalue weighted by molar-refractivity contribution is -0.118. The molecule has 0 saturated heterocycles. The first-order valence-corrected chi connectivity index (χ1v) is 8.05. The Hall–Kier alpha value is -1.91. The van der Waals surface area contributed by atoms with Crippen LogP contribution in [0.15, 0.2) is 18.3 Å². The summed E-state index contributed by atoms with van der Waals surface area (Å²) in [5.41, 5.74) is 0.527. The molecular formula is C17H25N3O2. The maximum Gasteiger partial charge on any atom is 0.251 e. The van der Waals surface area contributed by atoms with E-state index in [-0.39, 0.29) is 23.8 Å². The van der Waals surface area contributed by atoms with Gasteiger partial charge in [-0.05, 0) is 37.8 Å². The average molecular weight is 303 g/mol. The third-order valence-corrected chi connectivity index (χ3v) is 4.26. The lowest BCUT2D eigenvalue weighted by Crippen LogP contribution is -2.37. The highest BCUT2D eigenvalue weighted by molar-refractivity contribution is 5.96. The summed E-state index contributed by atoms with van der Waals surface area (Å²) >= 11 is 0. The van der Waals surface area contributed by atoms with Crippen LogP contribution in [-0.4, -0.2) is 22.8 Å². The number of carbonyl (C=O) groups excluding carboxylic acids is 2. The maximum absolute atomic E-state index is 12.3. The van der Waals surface area contributed by atoms with Crippen molar-refractivity contribution in [3.8, 4) is 0 Å². The van der Waals surface area contributed by atoms with Gasteiger partial charge in [-0.25, -0.2) is 4.98 Å². The van der Waals surface area contributed by atoms with E-state index in [2.05, 4.69) is 22.5 Å². The molecule has 1 aliphatic carbocycles. The van der Waals surface area contributed by atoms with Crippen LogP contribution < -0.4 is 10.6 Å². The van der Waals surface area contributed by atoms with Gasteiger partial charge in [0.1, 0.15) is 5.82 Å². The Bertz CT molecular complexity index is 536. The molecule has 2 amide bonds. The molecule has 1 aliphatic rings. The molecule has 1 atom stereocenters. The number of pyridine rings is 1. The van der Waals surface area contributed by atoms with Crippen LogP contribution in [-0.2, 0) is 4.79 Å². The van der Waals surface area contributed by atoms with E-state index in [9.17, 15) is 9.59 Å². The van der Waals surface area contributed by atoms with Gasteiger partial charge in [0.2, 0.25) is 5.91 Å². The Morgan fingerprint density at radius 1 is 1.23 bits per heavy atom. The van der Waals surface area contributed by atoms with E-state index in [0.717, 1.165) is 0 Å². The summed E-state index contributed by atoms with van der Waals surface area (Å²) in [6.45, 7) is 5.70. The number of nitrogens with zero attached hydrogens (tertiary/aromatic N) is 1. The number of carbonyl (C=O) groups is 2. The largest absolute Gasteiger partial charge is 0.349 e.